The van der Waals surface area contributed by atoms with Gasteiger partial charge in [0.2, 0.25) is 11.8 Å². The summed E-state index contributed by atoms with van der Waals surface area (Å²) in [6.07, 6.45) is 3.53. The summed E-state index contributed by atoms with van der Waals surface area (Å²) in [5, 5.41) is 7.11. The molecule has 0 spiro atoms. The second-order valence-corrected chi connectivity index (χ2v) is 7.91. The van der Waals surface area contributed by atoms with E-state index in [0.29, 0.717) is 5.13 Å². The van der Waals surface area contributed by atoms with E-state index < -0.39 is 11.9 Å². The number of anilines is 1. The lowest BCUT2D eigenvalue weighted by Gasteiger charge is -2.20. The van der Waals surface area contributed by atoms with Gasteiger partial charge < -0.3 is 5.32 Å². The molecule has 1 unspecified atom stereocenters. The van der Waals surface area contributed by atoms with Crippen molar-refractivity contribution in [2.24, 2.45) is 7.05 Å². The molecule has 1 aliphatic heterocycles. The van der Waals surface area contributed by atoms with Crippen LogP contribution in [-0.2, 0) is 29.5 Å². The Morgan fingerprint density at radius 2 is 2.16 bits per heavy atom. The molecule has 2 aromatic rings. The summed E-state index contributed by atoms with van der Waals surface area (Å²) in [5.41, 5.74) is 2.98. The molecular weight excluding hydrogens is 362 g/mol. The summed E-state index contributed by atoms with van der Waals surface area (Å²) >= 11 is 2.34. The summed E-state index contributed by atoms with van der Waals surface area (Å²) in [4.78, 5) is 42.6. The smallest absolute Gasteiger partial charge is 0.289 e. The van der Waals surface area contributed by atoms with Gasteiger partial charge in [-0.25, -0.2) is 4.98 Å². The van der Waals surface area contributed by atoms with Crippen LogP contribution in [0.4, 0.5) is 9.93 Å². The molecule has 8 nitrogen and oxygen atoms in total. The number of carbonyl (C=O) groups excluding carboxylic acids is 3. The summed E-state index contributed by atoms with van der Waals surface area (Å²) in [6.45, 7) is 1.55. The normalized spacial score (nSPS) is 17.4. The predicted molar refractivity (Wildman–Crippen MR) is 94.5 cm³/mol. The van der Waals surface area contributed by atoms with Crippen LogP contribution in [0.5, 0.6) is 0 Å². The van der Waals surface area contributed by atoms with Crippen LogP contribution in [0, 0.1) is 0 Å². The highest BCUT2D eigenvalue weighted by atomic mass is 32.2. The number of aromatic nitrogens is 3. The number of amides is 3. The fraction of sp³-hybridized carbons (Fsp3) is 0.400. The largest absolute Gasteiger partial charge is 0.300 e. The third-order valence-electron chi connectivity index (χ3n) is 4.38. The molecule has 0 aromatic carbocycles. The van der Waals surface area contributed by atoms with Crippen LogP contribution in [0.15, 0.2) is 6.20 Å². The number of nitrogens with one attached hydrogen (secondary N) is 1. The maximum atomic E-state index is 12.4. The highest BCUT2D eigenvalue weighted by Crippen LogP contribution is 2.37. The van der Waals surface area contributed by atoms with Gasteiger partial charge in [-0.05, 0) is 19.8 Å². The lowest BCUT2D eigenvalue weighted by atomic mass is 10.0. The number of hydrogen-bond donors (Lipinski definition) is 1. The van der Waals surface area contributed by atoms with E-state index in [1.807, 2.05) is 11.7 Å². The summed E-state index contributed by atoms with van der Waals surface area (Å²) in [7, 11) is 1.91. The Hall–Kier alpha value is -2.20. The summed E-state index contributed by atoms with van der Waals surface area (Å²) in [6, 6.07) is -0.857. The highest BCUT2D eigenvalue weighted by molar-refractivity contribution is 8.14. The number of aryl methyl sites for hydroxylation is 2. The third kappa shape index (κ3) is 2.65. The first kappa shape index (κ1) is 16.3. The first-order valence-electron chi connectivity index (χ1n) is 7.76. The average Bonchev–Trinajstić information content (AvgIpc) is 3.24. The second kappa shape index (κ2) is 5.95. The van der Waals surface area contributed by atoms with Gasteiger partial charge in [0.05, 0.1) is 17.6 Å². The van der Waals surface area contributed by atoms with E-state index in [4.69, 9.17) is 0 Å². The fourth-order valence-electron chi connectivity index (χ4n) is 3.04. The molecule has 1 atom stereocenters. The Bertz CT molecular complexity index is 887. The number of thioether (sulfide) groups is 1. The molecule has 1 aliphatic carbocycles. The van der Waals surface area contributed by atoms with Crippen molar-refractivity contribution in [2.75, 3.05) is 11.1 Å². The van der Waals surface area contributed by atoms with Crippen molar-refractivity contribution in [3.05, 3.63) is 16.8 Å². The van der Waals surface area contributed by atoms with Crippen LogP contribution in [-0.4, -0.2) is 48.5 Å². The van der Waals surface area contributed by atoms with Gasteiger partial charge in [0.25, 0.3) is 5.24 Å². The number of nitrogens with zero attached hydrogens (tertiary/aromatic N) is 4. The van der Waals surface area contributed by atoms with Crippen molar-refractivity contribution in [1.82, 2.24) is 19.7 Å². The third-order valence-corrected chi connectivity index (χ3v) is 6.25. The van der Waals surface area contributed by atoms with Crippen LogP contribution in [0.2, 0.25) is 0 Å². The number of thiazole rings is 1. The van der Waals surface area contributed by atoms with Crippen LogP contribution >= 0.6 is 23.1 Å². The zero-order chi connectivity index (χ0) is 17.7. The van der Waals surface area contributed by atoms with E-state index in [1.165, 1.54) is 11.3 Å². The average molecular weight is 377 g/mol. The Morgan fingerprint density at radius 1 is 1.36 bits per heavy atom. The number of imide groups is 1. The number of rotatable bonds is 3. The molecular formula is C15H15N5O3S2. The van der Waals surface area contributed by atoms with Gasteiger partial charge in [-0.3, -0.25) is 24.0 Å². The van der Waals surface area contributed by atoms with E-state index in [2.05, 4.69) is 15.4 Å². The van der Waals surface area contributed by atoms with Crippen molar-refractivity contribution in [3.63, 3.8) is 0 Å². The first-order chi connectivity index (χ1) is 12.0. The maximum absolute atomic E-state index is 12.4. The Kier molecular flexibility index (Phi) is 3.88. The van der Waals surface area contributed by atoms with Gasteiger partial charge in [0.15, 0.2) is 5.13 Å². The summed E-state index contributed by atoms with van der Waals surface area (Å²) in [5.74, 6) is -0.663. The SMILES string of the molecule is CC(C(=O)Nc1nc2c(s1)CCc1c-2cnn1C)N1C(=O)CSC1=O. The quantitative estimate of drug-likeness (QED) is 0.874. The molecule has 3 heterocycles. The first-order valence-corrected chi connectivity index (χ1v) is 9.56. The van der Waals surface area contributed by atoms with E-state index in [9.17, 15) is 14.4 Å². The van der Waals surface area contributed by atoms with Crippen molar-refractivity contribution >= 4 is 45.3 Å². The van der Waals surface area contributed by atoms with Crippen LogP contribution in [0.3, 0.4) is 0 Å². The topological polar surface area (TPSA) is 97.2 Å². The van der Waals surface area contributed by atoms with Crippen LogP contribution in [0.1, 0.15) is 17.5 Å². The van der Waals surface area contributed by atoms with Gasteiger partial charge in [0.1, 0.15) is 6.04 Å². The molecule has 0 bridgehead atoms. The molecule has 25 heavy (non-hydrogen) atoms. The number of carbonyl (C=O) groups is 3. The Morgan fingerprint density at radius 3 is 2.88 bits per heavy atom. The van der Waals surface area contributed by atoms with E-state index in [1.54, 1.807) is 13.1 Å². The molecule has 4 rings (SSSR count). The molecule has 0 saturated carbocycles. The van der Waals surface area contributed by atoms with Crippen molar-refractivity contribution in [3.8, 4) is 11.3 Å². The molecule has 1 saturated heterocycles. The van der Waals surface area contributed by atoms with Crippen molar-refractivity contribution < 1.29 is 14.4 Å². The minimum absolute atomic E-state index is 0.0891. The zero-order valence-electron chi connectivity index (χ0n) is 13.6. The van der Waals surface area contributed by atoms with Gasteiger partial charge in [-0.2, -0.15) is 5.10 Å². The van der Waals surface area contributed by atoms with E-state index >= 15 is 0 Å². The molecule has 2 aliphatic rings. The predicted octanol–water partition coefficient (Wildman–Crippen LogP) is 1.66. The minimum Gasteiger partial charge on any atom is -0.300 e. The molecule has 10 heteroatoms. The van der Waals surface area contributed by atoms with Gasteiger partial charge in [-0.15, -0.1) is 11.3 Å². The van der Waals surface area contributed by atoms with Crippen LogP contribution < -0.4 is 5.32 Å². The van der Waals surface area contributed by atoms with Gasteiger partial charge in [-0.1, -0.05) is 11.8 Å². The molecule has 130 valence electrons. The molecule has 0 radical (unpaired) electrons. The fourth-order valence-corrected chi connectivity index (χ4v) is 4.80. The lowest BCUT2D eigenvalue weighted by molar-refractivity contribution is -0.131. The second-order valence-electron chi connectivity index (χ2n) is 5.90. The number of fused-ring (bicyclic) bond motifs is 3. The van der Waals surface area contributed by atoms with Crippen molar-refractivity contribution in [1.29, 1.82) is 0 Å². The van der Waals surface area contributed by atoms with E-state index in [0.717, 1.165) is 51.3 Å². The molecule has 1 fully saturated rings. The minimum atomic E-state index is -0.857. The van der Waals surface area contributed by atoms with Gasteiger partial charge in [0, 0.05) is 23.2 Å². The Balaban J connectivity index is 1.55. The standard InChI is InChI=1S/C15H15N5O3S2/c1-7(20-11(21)6-24-15(20)23)13(22)18-14-17-12-8-5-16-19(2)9(8)3-4-10(12)25-14/h5,7H,3-4,6H2,1-2H3,(H,17,18,22). The van der Waals surface area contributed by atoms with Crippen LogP contribution in [0.25, 0.3) is 11.3 Å². The maximum Gasteiger partial charge on any atom is 0.289 e. The molecule has 3 amide bonds. The zero-order valence-corrected chi connectivity index (χ0v) is 15.2. The molecule has 2 aromatic heterocycles. The Labute approximate surface area is 151 Å². The van der Waals surface area contributed by atoms with E-state index in [-0.39, 0.29) is 16.9 Å². The highest BCUT2D eigenvalue weighted by Gasteiger charge is 2.37. The van der Waals surface area contributed by atoms with Gasteiger partial charge >= 0.3 is 0 Å². The number of hydrogen-bond acceptors (Lipinski definition) is 7. The summed E-state index contributed by atoms with van der Waals surface area (Å²) < 4.78 is 1.85. The lowest BCUT2D eigenvalue weighted by Crippen LogP contribution is -2.44. The van der Waals surface area contributed by atoms with Crippen molar-refractivity contribution in [2.45, 2.75) is 25.8 Å². The monoisotopic (exact) mass is 377 g/mol. The molecule has 1 N–H and O–H groups in total.